The topological polar surface area (TPSA) is 88.4 Å². The van der Waals surface area contributed by atoms with Gasteiger partial charge in [0, 0.05) is 31.6 Å². The summed E-state index contributed by atoms with van der Waals surface area (Å²) < 4.78 is 25.1. The molecule has 0 radical (unpaired) electrons. The second-order valence-electron chi connectivity index (χ2n) is 6.06. The number of rotatable bonds is 7. The lowest BCUT2D eigenvalue weighted by atomic mass is 10.1. The first kappa shape index (κ1) is 23.4. The van der Waals surface area contributed by atoms with Crippen LogP contribution in [0.4, 0.5) is 0 Å². The van der Waals surface area contributed by atoms with Crippen molar-refractivity contribution in [2.75, 3.05) is 25.1 Å². The number of hydrogen-bond donors (Lipinski definition) is 2. The van der Waals surface area contributed by atoms with Gasteiger partial charge < -0.3 is 10.6 Å². The summed E-state index contributed by atoms with van der Waals surface area (Å²) in [5.41, 5.74) is 4.12. The summed E-state index contributed by atoms with van der Waals surface area (Å²) in [7, 11) is -1.33. The zero-order valence-electron chi connectivity index (χ0n) is 16.2. The standard InChI is InChI=1S/C18H27N5O2S.HI/c1-5-26(24,25)11-10-20-18(19-4)21-13-16-8-6-7-9-17(16)23-15(3)12-14(2)22-23;/h6-9,12H,5,10-11,13H2,1-4H3,(H2,19,20,21);1H. The Balaban J connectivity index is 0.00000364. The monoisotopic (exact) mass is 505 g/mol. The molecule has 150 valence electrons. The van der Waals surface area contributed by atoms with Crippen LogP contribution in [0, 0.1) is 13.8 Å². The van der Waals surface area contributed by atoms with Crippen molar-refractivity contribution in [2.45, 2.75) is 27.3 Å². The van der Waals surface area contributed by atoms with E-state index in [9.17, 15) is 8.42 Å². The van der Waals surface area contributed by atoms with Crippen LogP contribution in [0.2, 0.25) is 0 Å². The second kappa shape index (κ2) is 10.6. The number of sulfone groups is 1. The number of nitrogens with zero attached hydrogens (tertiary/aromatic N) is 3. The van der Waals surface area contributed by atoms with Gasteiger partial charge in [-0.25, -0.2) is 13.1 Å². The molecule has 0 saturated heterocycles. The van der Waals surface area contributed by atoms with Crippen molar-refractivity contribution < 1.29 is 8.42 Å². The van der Waals surface area contributed by atoms with Crippen LogP contribution in [0.15, 0.2) is 35.3 Å². The Labute approximate surface area is 178 Å². The van der Waals surface area contributed by atoms with Crippen LogP contribution >= 0.6 is 24.0 Å². The lowest BCUT2D eigenvalue weighted by molar-refractivity contribution is 0.595. The lowest BCUT2D eigenvalue weighted by Crippen LogP contribution is -2.39. The zero-order chi connectivity index (χ0) is 19.2. The van der Waals surface area contributed by atoms with Crippen LogP contribution in [-0.4, -0.2) is 49.3 Å². The highest BCUT2D eigenvalue weighted by atomic mass is 127. The van der Waals surface area contributed by atoms with Gasteiger partial charge in [-0.15, -0.1) is 24.0 Å². The highest BCUT2D eigenvalue weighted by Crippen LogP contribution is 2.16. The molecule has 0 bridgehead atoms. The quantitative estimate of drug-likeness (QED) is 0.342. The predicted molar refractivity (Wildman–Crippen MR) is 121 cm³/mol. The van der Waals surface area contributed by atoms with Crippen molar-refractivity contribution in [2.24, 2.45) is 4.99 Å². The summed E-state index contributed by atoms with van der Waals surface area (Å²) in [6.45, 7) is 6.53. The van der Waals surface area contributed by atoms with Gasteiger partial charge >= 0.3 is 0 Å². The third-order valence-electron chi connectivity index (χ3n) is 4.04. The minimum atomic E-state index is -2.99. The molecule has 0 spiro atoms. The molecule has 7 nitrogen and oxygen atoms in total. The van der Waals surface area contributed by atoms with Crippen molar-refractivity contribution in [1.82, 2.24) is 20.4 Å². The number of nitrogens with one attached hydrogen (secondary N) is 2. The number of guanidine groups is 1. The molecule has 1 aromatic heterocycles. The fraction of sp³-hybridized carbons (Fsp3) is 0.444. The summed E-state index contributed by atoms with van der Waals surface area (Å²) in [6.07, 6.45) is 0. The van der Waals surface area contributed by atoms with Crippen LogP contribution < -0.4 is 10.6 Å². The van der Waals surface area contributed by atoms with Gasteiger partial charge in [-0.1, -0.05) is 25.1 Å². The molecule has 2 N–H and O–H groups in total. The molecule has 0 fully saturated rings. The highest BCUT2D eigenvalue weighted by molar-refractivity contribution is 14.0. The molecule has 0 saturated carbocycles. The largest absolute Gasteiger partial charge is 0.355 e. The van der Waals surface area contributed by atoms with Crippen LogP contribution in [0.1, 0.15) is 23.9 Å². The minimum Gasteiger partial charge on any atom is -0.355 e. The Morgan fingerprint density at radius 3 is 2.52 bits per heavy atom. The van der Waals surface area contributed by atoms with E-state index in [4.69, 9.17) is 0 Å². The number of para-hydroxylation sites is 1. The maximum absolute atomic E-state index is 11.6. The molecule has 0 atom stereocenters. The molecule has 0 amide bonds. The normalized spacial score (nSPS) is 11.8. The number of halogens is 1. The molecule has 0 unspecified atom stereocenters. The second-order valence-corrected chi connectivity index (χ2v) is 8.53. The smallest absolute Gasteiger partial charge is 0.191 e. The molecule has 2 rings (SSSR count). The molecule has 1 heterocycles. The van der Waals surface area contributed by atoms with Crippen LogP contribution in [0.25, 0.3) is 5.69 Å². The van der Waals surface area contributed by atoms with E-state index in [0.717, 1.165) is 22.6 Å². The van der Waals surface area contributed by atoms with Crippen LogP contribution in [0.3, 0.4) is 0 Å². The van der Waals surface area contributed by atoms with Crippen molar-refractivity contribution >= 4 is 39.8 Å². The zero-order valence-corrected chi connectivity index (χ0v) is 19.3. The Morgan fingerprint density at radius 1 is 1.22 bits per heavy atom. The van der Waals surface area contributed by atoms with Crippen LogP contribution in [-0.2, 0) is 16.4 Å². The first-order valence-corrected chi connectivity index (χ1v) is 10.4. The molecule has 1 aromatic carbocycles. The fourth-order valence-electron chi connectivity index (χ4n) is 2.61. The van der Waals surface area contributed by atoms with E-state index in [-0.39, 0.29) is 35.5 Å². The van der Waals surface area contributed by atoms with Crippen molar-refractivity contribution in [3.8, 4) is 5.69 Å². The number of aryl methyl sites for hydroxylation is 2. The minimum absolute atomic E-state index is 0. The average Bonchev–Trinajstić information content (AvgIpc) is 2.96. The summed E-state index contributed by atoms with van der Waals surface area (Å²) >= 11 is 0. The molecular weight excluding hydrogens is 477 g/mol. The highest BCUT2D eigenvalue weighted by Gasteiger charge is 2.10. The third-order valence-corrected chi connectivity index (χ3v) is 5.75. The first-order chi connectivity index (χ1) is 12.4. The summed E-state index contributed by atoms with van der Waals surface area (Å²) in [5, 5.41) is 10.8. The average molecular weight is 505 g/mol. The first-order valence-electron chi connectivity index (χ1n) is 8.62. The Kier molecular flexibility index (Phi) is 9.23. The van der Waals surface area contributed by atoms with Gasteiger partial charge in [0.1, 0.15) is 0 Å². The summed E-state index contributed by atoms with van der Waals surface area (Å²) in [6, 6.07) is 10.1. The van der Waals surface area contributed by atoms with Gasteiger partial charge in [-0.2, -0.15) is 5.10 Å². The van der Waals surface area contributed by atoms with Gasteiger partial charge in [0.05, 0.1) is 17.1 Å². The van der Waals surface area contributed by atoms with Crippen molar-refractivity contribution in [1.29, 1.82) is 0 Å². The Morgan fingerprint density at radius 2 is 1.93 bits per heavy atom. The maximum atomic E-state index is 11.6. The molecule has 2 aromatic rings. The van der Waals surface area contributed by atoms with Gasteiger partial charge in [-0.3, -0.25) is 4.99 Å². The van der Waals surface area contributed by atoms with Gasteiger partial charge in [-0.05, 0) is 31.5 Å². The van der Waals surface area contributed by atoms with E-state index in [2.05, 4.69) is 20.7 Å². The van der Waals surface area contributed by atoms with Gasteiger partial charge in [0.2, 0.25) is 0 Å². The fourth-order valence-corrected chi connectivity index (χ4v) is 3.31. The SMILES string of the molecule is CCS(=O)(=O)CCNC(=NC)NCc1ccccc1-n1nc(C)cc1C.I. The Bertz CT molecular complexity index is 878. The van der Waals surface area contributed by atoms with Crippen molar-refractivity contribution in [3.05, 3.63) is 47.3 Å². The molecule has 27 heavy (non-hydrogen) atoms. The Hall–Kier alpha value is -1.62. The van der Waals surface area contributed by atoms with E-state index < -0.39 is 9.84 Å². The van der Waals surface area contributed by atoms with Crippen molar-refractivity contribution in [3.63, 3.8) is 0 Å². The van der Waals surface area contributed by atoms with E-state index in [1.54, 1.807) is 14.0 Å². The number of benzene rings is 1. The summed E-state index contributed by atoms with van der Waals surface area (Å²) in [4.78, 5) is 4.15. The molecule has 0 aliphatic heterocycles. The van der Waals surface area contributed by atoms with Gasteiger partial charge in [0.25, 0.3) is 0 Å². The number of hydrogen-bond acceptors (Lipinski definition) is 4. The van der Waals surface area contributed by atoms with E-state index in [1.165, 1.54) is 0 Å². The molecular formula is C18H28IN5O2S. The molecule has 9 heteroatoms. The lowest BCUT2D eigenvalue weighted by Gasteiger charge is -2.15. The number of aromatic nitrogens is 2. The van der Waals surface area contributed by atoms with E-state index >= 15 is 0 Å². The van der Waals surface area contributed by atoms with E-state index in [1.807, 2.05) is 48.9 Å². The predicted octanol–water partition coefficient (Wildman–Crippen LogP) is 2.21. The third kappa shape index (κ3) is 6.80. The number of aliphatic imine (C=N–C) groups is 1. The van der Waals surface area contributed by atoms with Gasteiger partial charge in [0.15, 0.2) is 15.8 Å². The maximum Gasteiger partial charge on any atom is 0.191 e. The molecule has 0 aliphatic rings. The molecule has 0 aliphatic carbocycles. The summed E-state index contributed by atoms with van der Waals surface area (Å²) in [5.74, 6) is 0.808. The van der Waals surface area contributed by atoms with Crippen LogP contribution in [0.5, 0.6) is 0 Å². The van der Waals surface area contributed by atoms with E-state index in [0.29, 0.717) is 19.0 Å².